The van der Waals surface area contributed by atoms with E-state index in [9.17, 15) is 17.2 Å². The lowest BCUT2D eigenvalue weighted by molar-refractivity contribution is 0.388. The maximum Gasteiger partial charge on any atom is 0.162 e. The summed E-state index contributed by atoms with van der Waals surface area (Å²) in [5.41, 5.74) is 0.259. The lowest BCUT2D eigenvalue weighted by Gasteiger charge is -2.20. The van der Waals surface area contributed by atoms with Crippen molar-refractivity contribution in [3.8, 4) is 0 Å². The zero-order valence-electron chi connectivity index (χ0n) is 10.3. The fourth-order valence-corrected chi connectivity index (χ4v) is 4.81. The number of hydrogen-bond donors (Lipinski definition) is 0. The Morgan fingerprint density at radius 1 is 1.37 bits per heavy atom. The molecule has 2 unspecified atom stereocenters. The second-order valence-corrected chi connectivity index (χ2v) is 7.53. The molecule has 1 fully saturated rings. The van der Waals surface area contributed by atoms with E-state index in [-0.39, 0.29) is 41.2 Å². The fourth-order valence-electron chi connectivity index (χ4n) is 2.53. The molecule has 0 amide bonds. The summed E-state index contributed by atoms with van der Waals surface area (Å²) in [6.07, 6.45) is 0.823. The highest BCUT2D eigenvalue weighted by atomic mass is 35.5. The number of rotatable bonds is 4. The van der Waals surface area contributed by atoms with Gasteiger partial charge in [0.05, 0.1) is 11.5 Å². The van der Waals surface area contributed by atoms with Crippen LogP contribution in [-0.2, 0) is 16.3 Å². The van der Waals surface area contributed by atoms with Gasteiger partial charge in [-0.05, 0) is 36.3 Å². The first-order valence-electron chi connectivity index (χ1n) is 6.12. The van der Waals surface area contributed by atoms with E-state index in [2.05, 4.69) is 0 Å². The summed E-state index contributed by atoms with van der Waals surface area (Å²) in [6, 6.07) is 4.03. The molecule has 0 radical (unpaired) electrons. The smallest absolute Gasteiger partial charge is 0.162 e. The van der Waals surface area contributed by atoms with Gasteiger partial charge < -0.3 is 0 Å². The summed E-state index contributed by atoms with van der Waals surface area (Å²) in [7, 11) is -2.99. The van der Waals surface area contributed by atoms with Crippen molar-refractivity contribution in [1.29, 1.82) is 0 Å². The second kappa shape index (κ2) is 5.75. The molecule has 1 heterocycles. The van der Waals surface area contributed by atoms with Gasteiger partial charge in [-0.1, -0.05) is 12.1 Å². The summed E-state index contributed by atoms with van der Waals surface area (Å²) in [5, 5.41) is 0. The van der Waals surface area contributed by atoms with Crippen molar-refractivity contribution >= 4 is 21.4 Å². The van der Waals surface area contributed by atoms with E-state index in [0.717, 1.165) is 6.07 Å². The normalized spacial score (nSPS) is 23.4. The first-order chi connectivity index (χ1) is 8.93. The van der Waals surface area contributed by atoms with Crippen LogP contribution in [0.2, 0.25) is 0 Å². The number of benzene rings is 1. The Hall–Kier alpha value is -0.680. The Balaban J connectivity index is 2.14. The van der Waals surface area contributed by atoms with Gasteiger partial charge in [0, 0.05) is 5.88 Å². The molecule has 1 aliphatic heterocycles. The monoisotopic (exact) mass is 308 g/mol. The van der Waals surface area contributed by atoms with Gasteiger partial charge in [-0.3, -0.25) is 0 Å². The maximum atomic E-state index is 13.6. The Morgan fingerprint density at radius 2 is 2.11 bits per heavy atom. The van der Waals surface area contributed by atoms with Crippen molar-refractivity contribution in [1.82, 2.24) is 0 Å². The van der Waals surface area contributed by atoms with Crippen molar-refractivity contribution in [3.05, 3.63) is 35.4 Å². The third kappa shape index (κ3) is 3.45. The molecule has 0 aliphatic carbocycles. The molecule has 2 atom stereocenters. The van der Waals surface area contributed by atoms with Crippen LogP contribution in [0.15, 0.2) is 18.2 Å². The summed E-state index contributed by atoms with van der Waals surface area (Å²) in [6.45, 7) is 0. The van der Waals surface area contributed by atoms with Gasteiger partial charge >= 0.3 is 0 Å². The molecule has 1 aliphatic rings. The molecule has 0 N–H and O–H groups in total. The average molecular weight is 309 g/mol. The first-order valence-corrected chi connectivity index (χ1v) is 8.48. The van der Waals surface area contributed by atoms with E-state index < -0.39 is 21.5 Å². The second-order valence-electron chi connectivity index (χ2n) is 4.99. The van der Waals surface area contributed by atoms with E-state index in [1.165, 1.54) is 12.1 Å². The maximum absolute atomic E-state index is 13.6. The van der Waals surface area contributed by atoms with E-state index in [1.807, 2.05) is 0 Å². The van der Waals surface area contributed by atoms with E-state index in [4.69, 9.17) is 11.6 Å². The minimum atomic E-state index is -2.99. The molecule has 0 spiro atoms. The van der Waals surface area contributed by atoms with Gasteiger partial charge in [0.25, 0.3) is 0 Å². The zero-order chi connectivity index (χ0) is 14.0. The van der Waals surface area contributed by atoms with Crippen LogP contribution in [-0.4, -0.2) is 25.8 Å². The van der Waals surface area contributed by atoms with Gasteiger partial charge in [0.15, 0.2) is 21.5 Å². The first kappa shape index (κ1) is 14.7. The van der Waals surface area contributed by atoms with Gasteiger partial charge in [-0.15, -0.1) is 11.6 Å². The quantitative estimate of drug-likeness (QED) is 0.802. The molecular weight excluding hydrogens is 294 g/mol. The lowest BCUT2D eigenvalue weighted by atomic mass is 9.87. The van der Waals surface area contributed by atoms with Crippen molar-refractivity contribution < 1.29 is 17.2 Å². The molecule has 0 saturated carbocycles. The highest BCUT2D eigenvalue weighted by molar-refractivity contribution is 7.91. The van der Waals surface area contributed by atoms with Gasteiger partial charge in [0.2, 0.25) is 0 Å². The van der Waals surface area contributed by atoms with E-state index in [0.29, 0.717) is 6.42 Å². The Kier molecular flexibility index (Phi) is 4.46. The molecular formula is C13H15ClF2O2S. The number of hydrogen-bond acceptors (Lipinski definition) is 2. The van der Waals surface area contributed by atoms with Crippen molar-refractivity contribution in [2.45, 2.75) is 12.8 Å². The highest BCUT2D eigenvalue weighted by Gasteiger charge is 2.33. The van der Waals surface area contributed by atoms with Crippen molar-refractivity contribution in [3.63, 3.8) is 0 Å². The molecule has 6 heteroatoms. The Bertz CT molecular complexity index is 560. The molecule has 1 aromatic carbocycles. The Labute approximate surface area is 116 Å². The standard InChI is InChI=1S/C13H15ClF2O2S/c14-7-11(10-4-5-19(17,18)8-10)6-9-2-1-3-12(15)13(9)16/h1-3,10-11H,4-8H2. The van der Waals surface area contributed by atoms with Gasteiger partial charge in [-0.25, -0.2) is 17.2 Å². The molecule has 1 saturated heterocycles. The largest absolute Gasteiger partial charge is 0.229 e. The Morgan fingerprint density at radius 3 is 2.68 bits per heavy atom. The van der Waals surface area contributed by atoms with Crippen LogP contribution in [0.4, 0.5) is 8.78 Å². The van der Waals surface area contributed by atoms with Crippen molar-refractivity contribution in [2.75, 3.05) is 17.4 Å². The van der Waals surface area contributed by atoms with Crippen LogP contribution in [0.1, 0.15) is 12.0 Å². The van der Waals surface area contributed by atoms with Gasteiger partial charge in [0.1, 0.15) is 0 Å². The number of halogens is 3. The minimum Gasteiger partial charge on any atom is -0.229 e. The van der Waals surface area contributed by atoms with Crippen LogP contribution in [0.3, 0.4) is 0 Å². The minimum absolute atomic E-state index is 0.0647. The van der Waals surface area contributed by atoms with Crippen molar-refractivity contribution in [2.24, 2.45) is 11.8 Å². The third-order valence-electron chi connectivity index (χ3n) is 3.65. The molecule has 2 nitrogen and oxygen atoms in total. The zero-order valence-corrected chi connectivity index (χ0v) is 11.9. The summed E-state index contributed by atoms with van der Waals surface area (Å²) >= 11 is 5.87. The summed E-state index contributed by atoms with van der Waals surface area (Å²) in [4.78, 5) is 0. The van der Waals surface area contributed by atoms with Gasteiger partial charge in [-0.2, -0.15) is 0 Å². The SMILES string of the molecule is O=S1(=O)CCC(C(CCl)Cc2cccc(F)c2F)C1. The topological polar surface area (TPSA) is 34.1 Å². The summed E-state index contributed by atoms with van der Waals surface area (Å²) in [5.74, 6) is -1.45. The molecule has 0 bridgehead atoms. The third-order valence-corrected chi connectivity index (χ3v) is 5.84. The fraction of sp³-hybridized carbons (Fsp3) is 0.538. The van der Waals surface area contributed by atoms with Crippen LogP contribution >= 0.6 is 11.6 Å². The van der Waals surface area contributed by atoms with Crippen LogP contribution < -0.4 is 0 Å². The lowest BCUT2D eigenvalue weighted by Crippen LogP contribution is -2.21. The van der Waals surface area contributed by atoms with E-state index in [1.54, 1.807) is 0 Å². The molecule has 106 valence electrons. The average Bonchev–Trinajstić information content (AvgIpc) is 2.71. The molecule has 2 rings (SSSR count). The number of sulfone groups is 1. The molecule has 19 heavy (non-hydrogen) atoms. The van der Waals surface area contributed by atoms with Crippen LogP contribution in [0.5, 0.6) is 0 Å². The predicted octanol–water partition coefficient (Wildman–Crippen LogP) is 2.80. The van der Waals surface area contributed by atoms with E-state index >= 15 is 0 Å². The molecule has 1 aromatic rings. The number of alkyl halides is 1. The van der Waals surface area contributed by atoms with Crippen LogP contribution in [0.25, 0.3) is 0 Å². The summed E-state index contributed by atoms with van der Waals surface area (Å²) < 4.78 is 49.6. The predicted molar refractivity (Wildman–Crippen MR) is 71.0 cm³/mol. The molecule has 0 aromatic heterocycles. The highest BCUT2D eigenvalue weighted by Crippen LogP contribution is 2.30. The van der Waals surface area contributed by atoms with Crippen LogP contribution in [0, 0.1) is 23.5 Å².